The van der Waals surface area contributed by atoms with Crippen molar-refractivity contribution in [1.82, 2.24) is 10.2 Å². The number of carbonyl (C=O) groups is 1. The second kappa shape index (κ2) is 6.16. The molecule has 1 aliphatic rings. The van der Waals surface area contributed by atoms with Crippen LogP contribution >= 0.6 is 0 Å². The summed E-state index contributed by atoms with van der Waals surface area (Å²) < 4.78 is 34.9. The summed E-state index contributed by atoms with van der Waals surface area (Å²) in [5.74, 6) is -0.362. The normalized spacial score (nSPS) is 15.0. The van der Waals surface area contributed by atoms with Crippen LogP contribution in [-0.4, -0.2) is 50.0 Å². The van der Waals surface area contributed by atoms with Gasteiger partial charge in [-0.1, -0.05) is 0 Å². The molecule has 0 spiro atoms. The molecule has 0 saturated carbocycles. The molecule has 1 aliphatic heterocycles. The van der Waals surface area contributed by atoms with Crippen LogP contribution in [-0.2, 0) is 14.6 Å². The number of carbonyl (C=O) groups excluding carboxylic acids is 1. The summed E-state index contributed by atoms with van der Waals surface area (Å²) >= 11 is 0. The van der Waals surface area contributed by atoms with Crippen molar-refractivity contribution in [3.05, 3.63) is 44.9 Å². The van der Waals surface area contributed by atoms with Crippen LogP contribution in [0, 0.1) is 13.8 Å². The molecule has 25 heavy (non-hydrogen) atoms. The molecule has 2 heterocycles. The van der Waals surface area contributed by atoms with Crippen molar-refractivity contribution in [2.45, 2.75) is 24.8 Å². The van der Waals surface area contributed by atoms with Crippen molar-refractivity contribution in [2.24, 2.45) is 0 Å². The molecule has 134 valence electrons. The van der Waals surface area contributed by atoms with Gasteiger partial charge in [0.1, 0.15) is 22.3 Å². The van der Waals surface area contributed by atoms with Gasteiger partial charge in [-0.25, -0.2) is 8.42 Å². The lowest BCUT2D eigenvalue weighted by Gasteiger charge is -2.28. The topological polar surface area (TPSA) is 118 Å². The van der Waals surface area contributed by atoms with Crippen LogP contribution < -0.4 is 10.3 Å². The standard InChI is InChI=1S/C16H18N2O6S/c1-8-11(14(19)13-9(2)17-18-16(13)20)4-5-12(25(3,21)22)15(8)24-10-6-23-7-10/h4-5,10H,6-7H2,1-3H3,(H2,17,18,20). The first kappa shape index (κ1) is 17.4. The zero-order chi connectivity index (χ0) is 18.4. The Morgan fingerprint density at radius 3 is 2.40 bits per heavy atom. The number of rotatable bonds is 5. The molecule has 0 radical (unpaired) electrons. The first-order valence-corrected chi connectivity index (χ1v) is 9.49. The van der Waals surface area contributed by atoms with Gasteiger partial charge in [-0.15, -0.1) is 0 Å². The van der Waals surface area contributed by atoms with Gasteiger partial charge in [-0.2, -0.15) is 0 Å². The van der Waals surface area contributed by atoms with Gasteiger partial charge in [0.2, 0.25) is 5.78 Å². The molecule has 2 N–H and O–H groups in total. The first-order valence-electron chi connectivity index (χ1n) is 7.60. The van der Waals surface area contributed by atoms with Crippen molar-refractivity contribution in [3.63, 3.8) is 0 Å². The van der Waals surface area contributed by atoms with Gasteiger partial charge in [-0.05, 0) is 26.0 Å². The molecule has 1 aromatic carbocycles. The lowest BCUT2D eigenvalue weighted by Crippen LogP contribution is -2.39. The Balaban J connectivity index is 2.14. The van der Waals surface area contributed by atoms with Crippen molar-refractivity contribution < 1.29 is 22.7 Å². The quantitative estimate of drug-likeness (QED) is 0.753. The molecular formula is C16H18N2O6S. The van der Waals surface area contributed by atoms with E-state index in [1.165, 1.54) is 12.1 Å². The van der Waals surface area contributed by atoms with E-state index in [2.05, 4.69) is 10.2 Å². The highest BCUT2D eigenvalue weighted by Crippen LogP contribution is 2.33. The minimum atomic E-state index is -3.55. The van der Waals surface area contributed by atoms with Gasteiger partial charge in [-0.3, -0.25) is 14.7 Å². The van der Waals surface area contributed by atoms with E-state index >= 15 is 0 Å². The molecule has 2 aromatic rings. The molecule has 1 saturated heterocycles. The SMILES string of the molecule is Cc1[nH][nH]c(=O)c1C(=O)c1ccc(S(C)(=O)=O)c(OC2COC2)c1C. The first-order chi connectivity index (χ1) is 11.7. The highest BCUT2D eigenvalue weighted by Gasteiger charge is 2.28. The summed E-state index contributed by atoms with van der Waals surface area (Å²) in [4.78, 5) is 24.6. The third-order valence-electron chi connectivity index (χ3n) is 4.10. The van der Waals surface area contributed by atoms with Crippen molar-refractivity contribution >= 4 is 15.6 Å². The zero-order valence-electron chi connectivity index (χ0n) is 14.0. The van der Waals surface area contributed by atoms with E-state index in [1.807, 2.05) is 0 Å². The number of H-pyrrole nitrogens is 2. The second-order valence-electron chi connectivity index (χ2n) is 6.02. The molecule has 0 atom stereocenters. The molecule has 0 aliphatic carbocycles. The van der Waals surface area contributed by atoms with E-state index in [9.17, 15) is 18.0 Å². The summed E-state index contributed by atoms with van der Waals surface area (Å²) in [6.07, 6.45) is 0.816. The molecule has 1 fully saturated rings. The fraction of sp³-hybridized carbons (Fsp3) is 0.375. The maximum Gasteiger partial charge on any atom is 0.275 e. The van der Waals surface area contributed by atoms with E-state index in [-0.39, 0.29) is 27.9 Å². The Bertz CT molecular complexity index is 998. The third-order valence-corrected chi connectivity index (χ3v) is 5.22. The zero-order valence-corrected chi connectivity index (χ0v) is 14.8. The highest BCUT2D eigenvalue weighted by molar-refractivity contribution is 7.90. The summed E-state index contributed by atoms with van der Waals surface area (Å²) in [5, 5.41) is 4.97. The van der Waals surface area contributed by atoms with E-state index in [0.717, 1.165) is 6.26 Å². The highest BCUT2D eigenvalue weighted by atomic mass is 32.2. The number of benzene rings is 1. The summed E-state index contributed by atoms with van der Waals surface area (Å²) in [6.45, 7) is 3.93. The number of hydrogen-bond donors (Lipinski definition) is 2. The minimum Gasteiger partial charge on any atom is -0.484 e. The van der Waals surface area contributed by atoms with Crippen molar-refractivity contribution in [3.8, 4) is 5.75 Å². The molecule has 8 nitrogen and oxygen atoms in total. The Kier molecular flexibility index (Phi) is 4.29. The predicted octanol–water partition coefficient (Wildman–Crippen LogP) is 0.732. The van der Waals surface area contributed by atoms with Gasteiger partial charge in [0.15, 0.2) is 9.84 Å². The smallest absolute Gasteiger partial charge is 0.275 e. The van der Waals surface area contributed by atoms with E-state index < -0.39 is 21.2 Å². The lowest BCUT2D eigenvalue weighted by atomic mass is 9.98. The molecule has 1 aromatic heterocycles. The van der Waals surface area contributed by atoms with Crippen LogP contribution in [0.1, 0.15) is 27.2 Å². The van der Waals surface area contributed by atoms with Gasteiger partial charge in [0.05, 0.1) is 13.2 Å². The maximum absolute atomic E-state index is 12.8. The average Bonchev–Trinajstić information content (AvgIpc) is 2.81. The number of ether oxygens (including phenoxy) is 2. The average molecular weight is 366 g/mol. The van der Waals surface area contributed by atoms with Gasteiger partial charge in [0, 0.05) is 23.1 Å². The second-order valence-corrected chi connectivity index (χ2v) is 8.01. The lowest BCUT2D eigenvalue weighted by molar-refractivity contribution is -0.0809. The summed E-state index contributed by atoms with van der Waals surface area (Å²) in [6, 6.07) is 2.74. The molecule has 0 amide bonds. The van der Waals surface area contributed by atoms with Crippen LogP contribution in [0.25, 0.3) is 0 Å². The largest absolute Gasteiger partial charge is 0.484 e. The Hall–Kier alpha value is -2.39. The van der Waals surface area contributed by atoms with Gasteiger partial charge in [0.25, 0.3) is 5.56 Å². The van der Waals surface area contributed by atoms with Crippen molar-refractivity contribution in [1.29, 1.82) is 0 Å². The van der Waals surface area contributed by atoms with Crippen LogP contribution in [0.2, 0.25) is 0 Å². The van der Waals surface area contributed by atoms with Crippen LogP contribution in [0.4, 0.5) is 0 Å². The fourth-order valence-corrected chi connectivity index (χ4v) is 3.51. The number of sulfone groups is 1. The fourth-order valence-electron chi connectivity index (χ4n) is 2.65. The van der Waals surface area contributed by atoms with Gasteiger partial charge < -0.3 is 14.6 Å². The monoisotopic (exact) mass is 366 g/mol. The van der Waals surface area contributed by atoms with Crippen LogP contribution in [0.5, 0.6) is 5.75 Å². The van der Waals surface area contributed by atoms with E-state index in [1.54, 1.807) is 13.8 Å². The Labute approximate surface area is 144 Å². The van der Waals surface area contributed by atoms with Crippen LogP contribution in [0.3, 0.4) is 0 Å². The predicted molar refractivity (Wildman–Crippen MR) is 89.1 cm³/mol. The molecule has 0 unspecified atom stereocenters. The summed E-state index contributed by atoms with van der Waals surface area (Å²) in [5.41, 5.74) is 0.476. The van der Waals surface area contributed by atoms with Crippen LogP contribution in [0.15, 0.2) is 21.8 Å². The number of ketones is 1. The molecular weight excluding hydrogens is 348 g/mol. The number of aromatic nitrogens is 2. The van der Waals surface area contributed by atoms with Crippen molar-refractivity contribution in [2.75, 3.05) is 19.5 Å². The number of aromatic amines is 2. The number of nitrogens with one attached hydrogen (secondary N) is 2. The molecule has 3 rings (SSSR count). The minimum absolute atomic E-state index is 0.00636. The summed E-state index contributed by atoms with van der Waals surface area (Å²) in [7, 11) is -3.55. The third kappa shape index (κ3) is 3.12. The number of hydrogen-bond acceptors (Lipinski definition) is 6. The molecule has 0 bridgehead atoms. The molecule has 9 heteroatoms. The number of aryl methyl sites for hydroxylation is 1. The Morgan fingerprint density at radius 1 is 1.24 bits per heavy atom. The Morgan fingerprint density at radius 2 is 1.92 bits per heavy atom. The maximum atomic E-state index is 12.8. The van der Waals surface area contributed by atoms with E-state index in [4.69, 9.17) is 9.47 Å². The van der Waals surface area contributed by atoms with E-state index in [0.29, 0.717) is 24.5 Å². The van der Waals surface area contributed by atoms with Gasteiger partial charge >= 0.3 is 0 Å².